The molecule has 0 aliphatic rings. The molecule has 19 heavy (non-hydrogen) atoms. The molecule has 0 saturated heterocycles. The molecule has 106 valence electrons. The van der Waals surface area contributed by atoms with Gasteiger partial charge in [0.1, 0.15) is 0 Å². The van der Waals surface area contributed by atoms with Gasteiger partial charge in [0.05, 0.1) is 6.04 Å². The van der Waals surface area contributed by atoms with Gasteiger partial charge in [0.2, 0.25) is 5.91 Å². The number of carbonyl (C=O) groups is 1. The summed E-state index contributed by atoms with van der Waals surface area (Å²) in [7, 11) is 0. The molecule has 1 atom stereocenters. The van der Waals surface area contributed by atoms with Crippen LogP contribution in [0, 0.1) is 0 Å². The lowest BCUT2D eigenvalue weighted by molar-refractivity contribution is -0.121. The van der Waals surface area contributed by atoms with E-state index in [9.17, 15) is 4.79 Å². The molecule has 0 heterocycles. The molecule has 0 aliphatic heterocycles. The fourth-order valence-electron chi connectivity index (χ4n) is 1.89. The van der Waals surface area contributed by atoms with Crippen LogP contribution in [-0.4, -0.2) is 18.5 Å². The minimum absolute atomic E-state index is 0.0326. The average Bonchev–Trinajstić information content (AvgIpc) is 2.35. The predicted octanol–water partition coefficient (Wildman–Crippen LogP) is 3.30. The fraction of sp³-hybridized carbons (Fsp3) is 0.533. The minimum atomic E-state index is 0.0326. The quantitative estimate of drug-likeness (QED) is 0.806. The zero-order chi connectivity index (χ0) is 14.3. The van der Waals surface area contributed by atoms with E-state index in [2.05, 4.69) is 31.4 Å². The Morgan fingerprint density at radius 2 is 2.11 bits per heavy atom. The molecule has 2 N–H and O–H groups in total. The Balaban J connectivity index is 2.50. The number of hydrogen-bond acceptors (Lipinski definition) is 2. The van der Waals surface area contributed by atoms with Crippen LogP contribution in [0.2, 0.25) is 5.02 Å². The van der Waals surface area contributed by atoms with E-state index in [1.54, 1.807) is 0 Å². The van der Waals surface area contributed by atoms with Crippen molar-refractivity contribution < 1.29 is 4.79 Å². The second-order valence-electron chi connectivity index (χ2n) is 4.94. The molecule has 4 heteroatoms. The number of halogens is 1. The van der Waals surface area contributed by atoms with Crippen molar-refractivity contribution >= 4 is 17.5 Å². The van der Waals surface area contributed by atoms with Gasteiger partial charge in [-0.25, -0.2) is 0 Å². The second-order valence-corrected chi connectivity index (χ2v) is 5.38. The Morgan fingerprint density at radius 3 is 2.68 bits per heavy atom. The first-order valence-corrected chi connectivity index (χ1v) is 7.19. The largest absolute Gasteiger partial charge is 0.349 e. The first-order valence-electron chi connectivity index (χ1n) is 6.81. The summed E-state index contributed by atoms with van der Waals surface area (Å²) in [6.45, 7) is 6.89. The van der Waals surface area contributed by atoms with Crippen molar-refractivity contribution in [3.8, 4) is 0 Å². The van der Waals surface area contributed by atoms with E-state index in [1.807, 2.05) is 24.3 Å². The summed E-state index contributed by atoms with van der Waals surface area (Å²) in [5, 5.41) is 6.98. The molecular formula is C15H23ClN2O. The van der Waals surface area contributed by atoms with E-state index in [0.29, 0.717) is 24.0 Å². The van der Waals surface area contributed by atoms with Crippen LogP contribution in [0.5, 0.6) is 0 Å². The molecule has 0 fully saturated rings. The monoisotopic (exact) mass is 282 g/mol. The maximum Gasteiger partial charge on any atom is 0.221 e. The van der Waals surface area contributed by atoms with Crippen molar-refractivity contribution in [3.63, 3.8) is 0 Å². The highest BCUT2D eigenvalue weighted by Gasteiger charge is 2.12. The van der Waals surface area contributed by atoms with Crippen LogP contribution < -0.4 is 10.6 Å². The van der Waals surface area contributed by atoms with Crippen molar-refractivity contribution in [1.82, 2.24) is 10.6 Å². The molecular weight excluding hydrogens is 260 g/mol. The SMILES string of the molecule is CCC(NC(=O)CCNC(C)C)c1cccc(Cl)c1. The van der Waals surface area contributed by atoms with Crippen molar-refractivity contribution in [1.29, 1.82) is 0 Å². The summed E-state index contributed by atoms with van der Waals surface area (Å²) in [5.74, 6) is 0.0694. The van der Waals surface area contributed by atoms with Gasteiger partial charge in [-0.1, -0.05) is 44.5 Å². The van der Waals surface area contributed by atoms with E-state index in [4.69, 9.17) is 11.6 Å². The summed E-state index contributed by atoms with van der Waals surface area (Å²) in [5.41, 5.74) is 1.06. The van der Waals surface area contributed by atoms with Crippen LogP contribution in [0.1, 0.15) is 45.2 Å². The minimum Gasteiger partial charge on any atom is -0.349 e. The summed E-state index contributed by atoms with van der Waals surface area (Å²) >= 11 is 5.98. The van der Waals surface area contributed by atoms with Crippen LogP contribution in [-0.2, 0) is 4.79 Å². The maximum absolute atomic E-state index is 11.9. The Morgan fingerprint density at radius 1 is 1.37 bits per heavy atom. The van der Waals surface area contributed by atoms with Crippen molar-refractivity contribution in [2.75, 3.05) is 6.54 Å². The van der Waals surface area contributed by atoms with Crippen molar-refractivity contribution in [2.24, 2.45) is 0 Å². The first-order chi connectivity index (χ1) is 9.02. The van der Waals surface area contributed by atoms with Gasteiger partial charge in [0.15, 0.2) is 0 Å². The molecule has 1 aromatic rings. The van der Waals surface area contributed by atoms with E-state index in [1.165, 1.54) is 0 Å². The molecule has 1 aromatic carbocycles. The summed E-state index contributed by atoms with van der Waals surface area (Å²) in [6, 6.07) is 8.08. The van der Waals surface area contributed by atoms with Gasteiger partial charge in [0.25, 0.3) is 0 Å². The molecule has 3 nitrogen and oxygen atoms in total. The molecule has 0 aromatic heterocycles. The smallest absolute Gasteiger partial charge is 0.221 e. The van der Waals surface area contributed by atoms with Gasteiger partial charge in [0, 0.05) is 24.0 Å². The second kappa shape index (κ2) is 8.18. The zero-order valence-electron chi connectivity index (χ0n) is 11.9. The number of benzene rings is 1. The van der Waals surface area contributed by atoms with Crippen LogP contribution in [0.4, 0.5) is 0 Å². The molecule has 1 rings (SSSR count). The zero-order valence-corrected chi connectivity index (χ0v) is 12.6. The van der Waals surface area contributed by atoms with Crippen LogP contribution in [0.25, 0.3) is 0 Å². The molecule has 0 aliphatic carbocycles. The highest BCUT2D eigenvalue weighted by atomic mass is 35.5. The molecule has 0 saturated carbocycles. The summed E-state index contributed by atoms with van der Waals surface area (Å²) in [4.78, 5) is 11.9. The third kappa shape index (κ3) is 6.08. The van der Waals surface area contributed by atoms with Crippen LogP contribution in [0.3, 0.4) is 0 Å². The molecule has 1 amide bonds. The molecule has 0 bridgehead atoms. The van der Waals surface area contributed by atoms with Gasteiger partial charge >= 0.3 is 0 Å². The highest BCUT2D eigenvalue weighted by molar-refractivity contribution is 6.30. The van der Waals surface area contributed by atoms with Gasteiger partial charge in [-0.3, -0.25) is 4.79 Å². The number of amides is 1. The highest BCUT2D eigenvalue weighted by Crippen LogP contribution is 2.20. The van der Waals surface area contributed by atoms with Crippen LogP contribution in [0.15, 0.2) is 24.3 Å². The van der Waals surface area contributed by atoms with Crippen LogP contribution >= 0.6 is 11.6 Å². The Kier molecular flexibility index (Phi) is 6.89. The standard InChI is InChI=1S/C15H23ClN2O/c1-4-14(12-6-5-7-13(16)10-12)18-15(19)8-9-17-11(2)3/h5-7,10-11,14,17H,4,8-9H2,1-3H3,(H,18,19). The van der Waals surface area contributed by atoms with E-state index >= 15 is 0 Å². The topological polar surface area (TPSA) is 41.1 Å². The third-order valence-electron chi connectivity index (χ3n) is 2.90. The lowest BCUT2D eigenvalue weighted by atomic mass is 10.0. The Hall–Kier alpha value is -1.06. The third-order valence-corrected chi connectivity index (χ3v) is 3.13. The van der Waals surface area contributed by atoms with Gasteiger partial charge < -0.3 is 10.6 Å². The van der Waals surface area contributed by atoms with E-state index in [-0.39, 0.29) is 11.9 Å². The Labute approximate surface area is 120 Å². The normalized spacial score (nSPS) is 12.5. The molecule has 1 unspecified atom stereocenters. The van der Waals surface area contributed by atoms with E-state index < -0.39 is 0 Å². The summed E-state index contributed by atoms with van der Waals surface area (Å²) in [6.07, 6.45) is 1.35. The number of rotatable bonds is 7. The average molecular weight is 283 g/mol. The van der Waals surface area contributed by atoms with E-state index in [0.717, 1.165) is 12.0 Å². The molecule has 0 spiro atoms. The Bertz CT molecular complexity index is 407. The van der Waals surface area contributed by atoms with Gasteiger partial charge in [-0.15, -0.1) is 0 Å². The maximum atomic E-state index is 11.9. The predicted molar refractivity (Wildman–Crippen MR) is 80.4 cm³/mol. The summed E-state index contributed by atoms with van der Waals surface area (Å²) < 4.78 is 0. The van der Waals surface area contributed by atoms with Crippen molar-refractivity contribution in [2.45, 2.75) is 45.7 Å². The number of carbonyl (C=O) groups excluding carboxylic acids is 1. The van der Waals surface area contributed by atoms with Gasteiger partial charge in [-0.2, -0.15) is 0 Å². The lowest BCUT2D eigenvalue weighted by Gasteiger charge is -2.18. The lowest BCUT2D eigenvalue weighted by Crippen LogP contribution is -2.32. The first kappa shape index (κ1) is 16.0. The number of hydrogen-bond donors (Lipinski definition) is 2. The van der Waals surface area contributed by atoms with Crippen molar-refractivity contribution in [3.05, 3.63) is 34.9 Å². The van der Waals surface area contributed by atoms with Gasteiger partial charge in [-0.05, 0) is 24.1 Å². The fourth-order valence-corrected chi connectivity index (χ4v) is 2.08. The number of nitrogens with one attached hydrogen (secondary N) is 2. The molecule has 0 radical (unpaired) electrons.